The van der Waals surface area contributed by atoms with Crippen molar-refractivity contribution in [1.29, 1.82) is 0 Å². The lowest BCUT2D eigenvalue weighted by atomic mass is 10.5. The van der Waals surface area contributed by atoms with Gasteiger partial charge in [0.25, 0.3) is 0 Å². The molecule has 11 heavy (non-hydrogen) atoms. The lowest BCUT2D eigenvalue weighted by Gasteiger charge is -1.79. The average Bonchev–Trinajstić information content (AvgIpc) is 2.46. The molecule has 0 bridgehead atoms. The summed E-state index contributed by atoms with van der Waals surface area (Å²) >= 11 is 2.05. The molecule has 0 unspecified atom stereocenters. The van der Waals surface area contributed by atoms with Gasteiger partial charge in [0.1, 0.15) is 10.3 Å². The second-order valence-electron chi connectivity index (χ2n) is 1.90. The van der Waals surface area contributed by atoms with Crippen LogP contribution >= 0.6 is 23.4 Å². The van der Waals surface area contributed by atoms with Crippen LogP contribution in [0.15, 0.2) is 22.7 Å². The first-order chi connectivity index (χ1) is 5.40. The topological polar surface area (TPSA) is 46.0 Å². The number of thiazole rings is 1. The maximum atomic E-state index is 8.68. The molecule has 0 aromatic carbocycles. The normalized spacial score (nSPS) is 10.6. The first-order valence-corrected chi connectivity index (χ1v) is 4.52. The van der Waals surface area contributed by atoms with Gasteiger partial charge < -0.3 is 4.55 Å². The van der Waals surface area contributed by atoms with Crippen LogP contribution in [-0.4, -0.2) is 14.5 Å². The molecule has 2 heterocycles. The first kappa shape index (κ1) is 7.02. The monoisotopic (exact) mass is 184 g/mol. The van der Waals surface area contributed by atoms with Crippen molar-refractivity contribution in [1.82, 2.24) is 9.97 Å². The first-order valence-electron chi connectivity index (χ1n) is 2.93. The number of hydrogen-bond acceptors (Lipinski definition) is 5. The lowest BCUT2D eigenvalue weighted by molar-refractivity contribution is 0.663. The minimum Gasteiger partial charge on any atom is -0.324 e. The zero-order valence-corrected chi connectivity index (χ0v) is 7.02. The van der Waals surface area contributed by atoms with Crippen LogP contribution in [0.1, 0.15) is 0 Å². The zero-order chi connectivity index (χ0) is 7.68. The molecule has 0 aliphatic heterocycles. The van der Waals surface area contributed by atoms with Crippen LogP contribution in [0.2, 0.25) is 0 Å². The van der Waals surface area contributed by atoms with Crippen LogP contribution in [0.25, 0.3) is 10.3 Å². The highest BCUT2D eigenvalue weighted by atomic mass is 32.2. The molecule has 2 aromatic rings. The van der Waals surface area contributed by atoms with Crippen molar-refractivity contribution in [3.63, 3.8) is 0 Å². The molecule has 0 atom stereocenters. The summed E-state index contributed by atoms with van der Waals surface area (Å²) in [4.78, 5) is 9.05. The van der Waals surface area contributed by atoms with E-state index >= 15 is 0 Å². The summed E-state index contributed by atoms with van der Waals surface area (Å²) in [5.41, 5.74) is 0.842. The highest BCUT2D eigenvalue weighted by molar-refractivity contribution is 7.95. The molecule has 1 N–H and O–H groups in total. The molecular formula is C6H4N2OS2. The van der Waals surface area contributed by atoms with Gasteiger partial charge in [-0.3, -0.25) is 0 Å². The molecule has 0 radical (unpaired) electrons. The Hall–Kier alpha value is -0.650. The molecule has 0 aliphatic rings. The molecule has 0 saturated heterocycles. The SMILES string of the molecule is OSc1nc2cccnc2s1. The minimum atomic E-state index is 0.638. The predicted octanol–water partition coefficient (Wildman–Crippen LogP) is 2.26. The van der Waals surface area contributed by atoms with Gasteiger partial charge in [0.05, 0.1) is 12.0 Å². The summed E-state index contributed by atoms with van der Waals surface area (Å²) in [6, 6.07) is 3.70. The Morgan fingerprint density at radius 2 is 2.45 bits per heavy atom. The number of pyridine rings is 1. The minimum absolute atomic E-state index is 0.638. The maximum Gasteiger partial charge on any atom is 0.179 e. The van der Waals surface area contributed by atoms with Gasteiger partial charge in [0.15, 0.2) is 4.34 Å². The molecule has 0 spiro atoms. The van der Waals surface area contributed by atoms with Gasteiger partial charge >= 0.3 is 0 Å². The van der Waals surface area contributed by atoms with Crippen LogP contribution in [0.3, 0.4) is 0 Å². The van der Waals surface area contributed by atoms with Crippen LogP contribution in [0, 0.1) is 0 Å². The highest BCUT2D eigenvalue weighted by Crippen LogP contribution is 2.25. The Morgan fingerprint density at radius 3 is 3.18 bits per heavy atom. The van der Waals surface area contributed by atoms with E-state index in [-0.39, 0.29) is 0 Å². The maximum absolute atomic E-state index is 8.68. The van der Waals surface area contributed by atoms with Crippen LogP contribution in [0.4, 0.5) is 0 Å². The van der Waals surface area contributed by atoms with Gasteiger partial charge in [0.2, 0.25) is 0 Å². The summed E-state index contributed by atoms with van der Waals surface area (Å²) < 4.78 is 9.31. The van der Waals surface area contributed by atoms with E-state index in [4.69, 9.17) is 4.55 Å². The Bertz CT molecular complexity index is 340. The van der Waals surface area contributed by atoms with Gasteiger partial charge in [-0.05, 0) is 12.1 Å². The van der Waals surface area contributed by atoms with E-state index in [0.717, 1.165) is 10.3 Å². The van der Waals surface area contributed by atoms with Gasteiger partial charge in [-0.1, -0.05) is 11.3 Å². The van der Waals surface area contributed by atoms with Crippen LogP contribution < -0.4 is 0 Å². The molecule has 56 valence electrons. The zero-order valence-electron chi connectivity index (χ0n) is 5.39. The summed E-state index contributed by atoms with van der Waals surface area (Å²) in [6.45, 7) is 0. The van der Waals surface area contributed by atoms with E-state index in [1.54, 1.807) is 6.20 Å². The molecule has 5 heteroatoms. The van der Waals surface area contributed by atoms with Crippen LogP contribution in [0.5, 0.6) is 0 Å². The molecule has 2 aromatic heterocycles. The molecule has 3 nitrogen and oxygen atoms in total. The van der Waals surface area contributed by atoms with E-state index < -0.39 is 0 Å². The van der Waals surface area contributed by atoms with Crippen molar-refractivity contribution >= 4 is 33.7 Å². The van der Waals surface area contributed by atoms with Crippen molar-refractivity contribution < 1.29 is 4.55 Å². The molecule has 0 saturated carbocycles. The van der Waals surface area contributed by atoms with E-state index in [2.05, 4.69) is 9.97 Å². The number of aromatic nitrogens is 2. The van der Waals surface area contributed by atoms with Crippen molar-refractivity contribution in [2.75, 3.05) is 0 Å². The summed E-state index contributed by atoms with van der Waals surface area (Å²) in [7, 11) is 0. The predicted molar refractivity (Wildman–Crippen MR) is 45.9 cm³/mol. The van der Waals surface area contributed by atoms with Crippen molar-refractivity contribution in [2.45, 2.75) is 4.34 Å². The fraction of sp³-hybridized carbons (Fsp3) is 0. The Kier molecular flexibility index (Phi) is 1.77. The smallest absolute Gasteiger partial charge is 0.179 e. The van der Waals surface area contributed by atoms with Gasteiger partial charge in [-0.15, -0.1) is 0 Å². The Labute approximate surface area is 71.3 Å². The number of fused-ring (bicyclic) bond motifs is 1. The average molecular weight is 184 g/mol. The Morgan fingerprint density at radius 1 is 1.55 bits per heavy atom. The highest BCUT2D eigenvalue weighted by Gasteiger charge is 2.02. The van der Waals surface area contributed by atoms with Gasteiger partial charge in [0, 0.05) is 6.20 Å². The molecule has 0 amide bonds. The van der Waals surface area contributed by atoms with Crippen molar-refractivity contribution in [3.8, 4) is 0 Å². The lowest BCUT2D eigenvalue weighted by Crippen LogP contribution is -1.69. The molecular weight excluding hydrogens is 180 g/mol. The van der Waals surface area contributed by atoms with Gasteiger partial charge in [-0.25, -0.2) is 9.97 Å². The summed E-state index contributed by atoms with van der Waals surface area (Å²) in [5, 5.41) is 0. The number of nitrogens with zero attached hydrogens (tertiary/aromatic N) is 2. The van der Waals surface area contributed by atoms with E-state index in [0.29, 0.717) is 16.4 Å². The largest absolute Gasteiger partial charge is 0.324 e. The van der Waals surface area contributed by atoms with E-state index in [1.165, 1.54) is 11.3 Å². The third kappa shape index (κ3) is 1.22. The standard InChI is InChI=1S/C6H4N2OS2/c9-11-6-8-4-2-1-3-7-5(4)10-6/h1-3,9H. The number of hydrogen-bond donors (Lipinski definition) is 1. The third-order valence-corrected chi connectivity index (χ3v) is 2.72. The van der Waals surface area contributed by atoms with E-state index in [9.17, 15) is 0 Å². The summed E-state index contributed by atoms with van der Waals surface area (Å²) in [6.07, 6.45) is 1.71. The van der Waals surface area contributed by atoms with Crippen molar-refractivity contribution in [2.24, 2.45) is 0 Å². The molecule has 0 fully saturated rings. The fourth-order valence-corrected chi connectivity index (χ4v) is 1.96. The van der Waals surface area contributed by atoms with Crippen molar-refractivity contribution in [3.05, 3.63) is 18.3 Å². The quantitative estimate of drug-likeness (QED) is 0.690. The molecule has 0 aliphatic carbocycles. The molecule has 2 rings (SSSR count). The second-order valence-corrected chi connectivity index (χ2v) is 3.70. The Balaban J connectivity index is 2.69. The van der Waals surface area contributed by atoms with Crippen LogP contribution in [-0.2, 0) is 0 Å². The third-order valence-electron chi connectivity index (χ3n) is 1.22. The second kappa shape index (κ2) is 2.77. The summed E-state index contributed by atoms with van der Waals surface area (Å²) in [5.74, 6) is 0. The fourth-order valence-electron chi connectivity index (χ4n) is 0.789. The number of rotatable bonds is 1. The van der Waals surface area contributed by atoms with E-state index in [1.807, 2.05) is 12.1 Å². The van der Waals surface area contributed by atoms with Gasteiger partial charge in [-0.2, -0.15) is 0 Å².